The monoisotopic (exact) mass is 556 g/mol. The Morgan fingerprint density at radius 1 is 0.950 bits per heavy atom. The van der Waals surface area contributed by atoms with Crippen LogP contribution >= 0.6 is 11.3 Å². The standard InChI is InChI=1S/C30H28N4O5S/c1-15-8-10-19(16(2)13-15)34-28(35)23-17(3)32-30-25(24(23)21-7-6-12-39-21)26(31)27(40-30)29(36)33-18-9-11-20(37-4)22(14-18)38-5/h6-14H,31H2,1-5H3,(H,33,36)(H,34,35). The van der Waals surface area contributed by atoms with Crippen molar-refractivity contribution in [3.05, 3.63) is 82.1 Å². The van der Waals surface area contributed by atoms with E-state index in [1.165, 1.54) is 20.5 Å². The van der Waals surface area contributed by atoms with Crippen LogP contribution in [0.15, 0.2) is 59.2 Å². The van der Waals surface area contributed by atoms with E-state index in [-0.39, 0.29) is 16.5 Å². The molecule has 2 amide bonds. The second-order valence-corrected chi connectivity index (χ2v) is 10.2. The molecule has 0 aliphatic heterocycles. The maximum atomic E-state index is 13.7. The zero-order valence-electron chi connectivity index (χ0n) is 22.7. The van der Waals surface area contributed by atoms with E-state index in [9.17, 15) is 9.59 Å². The van der Waals surface area contributed by atoms with Crippen LogP contribution in [0, 0.1) is 20.8 Å². The molecule has 2 aromatic carbocycles. The van der Waals surface area contributed by atoms with Gasteiger partial charge < -0.3 is 30.3 Å². The predicted octanol–water partition coefficient (Wildman–Crippen LogP) is 6.59. The molecule has 0 radical (unpaired) electrons. The van der Waals surface area contributed by atoms with Gasteiger partial charge in [-0.15, -0.1) is 11.3 Å². The molecule has 9 nitrogen and oxygen atoms in total. The molecular formula is C30H28N4O5S. The van der Waals surface area contributed by atoms with Crippen molar-refractivity contribution in [2.45, 2.75) is 20.8 Å². The van der Waals surface area contributed by atoms with Gasteiger partial charge in [-0.1, -0.05) is 17.7 Å². The van der Waals surface area contributed by atoms with Crippen LogP contribution in [-0.2, 0) is 0 Å². The lowest BCUT2D eigenvalue weighted by molar-refractivity contribution is 0.102. The molecule has 0 spiro atoms. The molecule has 204 valence electrons. The Balaban J connectivity index is 1.60. The molecule has 0 aliphatic carbocycles. The SMILES string of the molecule is COc1ccc(NC(=O)c2sc3nc(C)c(C(=O)Nc4ccc(C)cc4C)c(-c4ccco4)c3c2N)cc1OC. The third-order valence-corrected chi connectivity index (χ3v) is 7.63. The van der Waals surface area contributed by atoms with Crippen LogP contribution < -0.4 is 25.8 Å². The van der Waals surface area contributed by atoms with E-state index < -0.39 is 5.91 Å². The molecule has 0 bridgehead atoms. The normalized spacial score (nSPS) is 10.9. The van der Waals surface area contributed by atoms with Crippen LogP contribution in [0.2, 0.25) is 0 Å². The van der Waals surface area contributed by atoms with Gasteiger partial charge in [0.15, 0.2) is 11.5 Å². The summed E-state index contributed by atoms with van der Waals surface area (Å²) in [7, 11) is 3.06. The number of pyridine rings is 1. The van der Waals surface area contributed by atoms with Gasteiger partial charge in [-0.2, -0.15) is 0 Å². The van der Waals surface area contributed by atoms with Crippen LogP contribution in [0.4, 0.5) is 17.1 Å². The summed E-state index contributed by atoms with van der Waals surface area (Å²) in [4.78, 5) is 32.6. The summed E-state index contributed by atoms with van der Waals surface area (Å²) in [5, 5.41) is 6.35. The molecule has 0 atom stereocenters. The van der Waals surface area contributed by atoms with Crippen molar-refractivity contribution in [2.24, 2.45) is 0 Å². The molecule has 5 rings (SSSR count). The van der Waals surface area contributed by atoms with Crippen molar-refractivity contribution < 1.29 is 23.5 Å². The van der Waals surface area contributed by atoms with Crippen LogP contribution in [0.25, 0.3) is 21.5 Å². The van der Waals surface area contributed by atoms with Crippen molar-refractivity contribution >= 4 is 50.4 Å². The second kappa shape index (κ2) is 10.7. The number of nitrogens with zero attached hydrogens (tertiary/aromatic N) is 1. The fourth-order valence-corrected chi connectivity index (χ4v) is 5.67. The summed E-state index contributed by atoms with van der Waals surface area (Å²) >= 11 is 1.15. The van der Waals surface area contributed by atoms with Gasteiger partial charge in [-0.3, -0.25) is 9.59 Å². The molecular weight excluding hydrogens is 528 g/mol. The zero-order valence-corrected chi connectivity index (χ0v) is 23.5. The number of carbonyl (C=O) groups is 2. The average molecular weight is 557 g/mol. The van der Waals surface area contributed by atoms with Gasteiger partial charge in [0.2, 0.25) is 0 Å². The minimum Gasteiger partial charge on any atom is -0.493 e. The van der Waals surface area contributed by atoms with Crippen molar-refractivity contribution in [1.29, 1.82) is 0 Å². The zero-order chi connectivity index (χ0) is 28.6. The second-order valence-electron chi connectivity index (χ2n) is 9.25. The first kappa shape index (κ1) is 26.8. The summed E-state index contributed by atoms with van der Waals surface area (Å²) in [5.74, 6) is 0.680. The molecule has 0 aliphatic rings. The number of hydrogen-bond donors (Lipinski definition) is 3. The number of ether oxygens (including phenoxy) is 2. The number of aromatic nitrogens is 1. The van der Waals surface area contributed by atoms with Gasteiger partial charge in [-0.05, 0) is 56.7 Å². The number of carbonyl (C=O) groups excluding carboxylic acids is 2. The first-order chi connectivity index (χ1) is 19.2. The number of furan rings is 1. The molecule has 0 fully saturated rings. The number of hydrogen-bond acceptors (Lipinski definition) is 8. The molecule has 40 heavy (non-hydrogen) atoms. The first-order valence-electron chi connectivity index (χ1n) is 12.4. The van der Waals surface area contributed by atoms with Crippen molar-refractivity contribution in [2.75, 3.05) is 30.6 Å². The van der Waals surface area contributed by atoms with Gasteiger partial charge in [0, 0.05) is 28.4 Å². The van der Waals surface area contributed by atoms with E-state index in [0.717, 1.165) is 22.5 Å². The maximum Gasteiger partial charge on any atom is 0.267 e. The molecule has 10 heteroatoms. The van der Waals surface area contributed by atoms with E-state index in [4.69, 9.17) is 19.6 Å². The Morgan fingerprint density at radius 2 is 1.73 bits per heavy atom. The summed E-state index contributed by atoms with van der Waals surface area (Å²) in [6, 6.07) is 14.3. The number of nitrogen functional groups attached to an aromatic ring is 1. The van der Waals surface area contributed by atoms with E-state index in [0.29, 0.717) is 55.7 Å². The van der Waals surface area contributed by atoms with Crippen LogP contribution in [0.5, 0.6) is 11.5 Å². The molecule has 4 N–H and O–H groups in total. The van der Waals surface area contributed by atoms with Gasteiger partial charge in [0.25, 0.3) is 11.8 Å². The summed E-state index contributed by atoms with van der Waals surface area (Å²) in [6.07, 6.45) is 1.52. The quantitative estimate of drug-likeness (QED) is 0.206. The fourth-order valence-electron chi connectivity index (χ4n) is 4.62. The highest BCUT2D eigenvalue weighted by Crippen LogP contribution is 2.43. The highest BCUT2D eigenvalue weighted by molar-refractivity contribution is 7.21. The Labute approximate surface area is 234 Å². The fraction of sp³-hybridized carbons (Fsp3) is 0.167. The Hall–Kier alpha value is -4.83. The van der Waals surface area contributed by atoms with Crippen molar-refractivity contribution in [3.63, 3.8) is 0 Å². The van der Waals surface area contributed by atoms with Gasteiger partial charge in [0.05, 0.1) is 37.4 Å². The number of thiophene rings is 1. The molecule has 3 heterocycles. The third kappa shape index (κ3) is 4.85. The van der Waals surface area contributed by atoms with E-state index >= 15 is 0 Å². The first-order valence-corrected chi connectivity index (χ1v) is 13.2. The summed E-state index contributed by atoms with van der Waals surface area (Å²) < 4.78 is 16.4. The van der Waals surface area contributed by atoms with Gasteiger partial charge in [0.1, 0.15) is 15.5 Å². The van der Waals surface area contributed by atoms with E-state index in [2.05, 4.69) is 15.6 Å². The summed E-state index contributed by atoms with van der Waals surface area (Å²) in [5.41, 5.74) is 11.3. The van der Waals surface area contributed by atoms with Gasteiger partial charge in [-0.25, -0.2) is 4.98 Å². The van der Waals surface area contributed by atoms with Crippen LogP contribution in [-0.4, -0.2) is 31.0 Å². The number of anilines is 3. The smallest absolute Gasteiger partial charge is 0.267 e. The Bertz CT molecular complexity index is 1760. The predicted molar refractivity (Wildman–Crippen MR) is 158 cm³/mol. The molecule has 0 saturated heterocycles. The maximum absolute atomic E-state index is 13.7. The molecule has 0 unspecified atom stereocenters. The van der Waals surface area contributed by atoms with Gasteiger partial charge >= 0.3 is 0 Å². The number of aryl methyl sites for hydroxylation is 3. The highest BCUT2D eigenvalue weighted by Gasteiger charge is 2.28. The average Bonchev–Trinajstić information content (AvgIpc) is 3.57. The lowest BCUT2D eigenvalue weighted by atomic mass is 9.99. The number of fused-ring (bicyclic) bond motifs is 1. The Kier molecular flexibility index (Phi) is 7.19. The third-order valence-electron chi connectivity index (χ3n) is 6.53. The topological polar surface area (TPSA) is 129 Å². The number of methoxy groups -OCH3 is 2. The molecule has 3 aromatic heterocycles. The summed E-state index contributed by atoms with van der Waals surface area (Å²) in [6.45, 7) is 5.68. The molecule has 0 saturated carbocycles. The minimum absolute atomic E-state index is 0.206. The number of rotatable bonds is 7. The minimum atomic E-state index is -0.419. The van der Waals surface area contributed by atoms with E-state index in [1.807, 2.05) is 32.0 Å². The lowest BCUT2D eigenvalue weighted by Gasteiger charge is -2.14. The number of nitrogens with two attached hydrogens (primary N) is 1. The lowest BCUT2D eigenvalue weighted by Crippen LogP contribution is -2.16. The number of benzene rings is 2. The van der Waals surface area contributed by atoms with Crippen molar-refractivity contribution in [1.82, 2.24) is 4.98 Å². The van der Waals surface area contributed by atoms with E-state index in [1.54, 1.807) is 37.3 Å². The Morgan fingerprint density at radius 3 is 2.40 bits per heavy atom. The van der Waals surface area contributed by atoms with Crippen molar-refractivity contribution in [3.8, 4) is 22.8 Å². The van der Waals surface area contributed by atoms with Crippen LogP contribution in [0.3, 0.4) is 0 Å². The number of amides is 2. The largest absolute Gasteiger partial charge is 0.493 e. The van der Waals surface area contributed by atoms with Crippen LogP contribution in [0.1, 0.15) is 36.9 Å². The highest BCUT2D eigenvalue weighted by atomic mass is 32.1. The number of nitrogens with one attached hydrogen (secondary N) is 2. The molecule has 5 aromatic rings.